The minimum Gasteiger partial charge on any atom is -0.462 e. The molecular weight excluding hydrogens is 548 g/mol. The zero-order valence-corrected chi connectivity index (χ0v) is 26.7. The monoisotopic (exact) mass is 598 g/mol. The van der Waals surface area contributed by atoms with Crippen molar-refractivity contribution in [3.63, 3.8) is 0 Å². The molecule has 8 heteroatoms. The van der Waals surface area contributed by atoms with Crippen molar-refractivity contribution in [2.75, 3.05) is 13.7 Å². The summed E-state index contributed by atoms with van der Waals surface area (Å²) in [5, 5.41) is 23.5. The average Bonchev–Trinajstić information content (AvgIpc) is 3.29. The molecule has 5 aliphatic rings. The van der Waals surface area contributed by atoms with E-state index in [1.165, 1.54) is 5.57 Å². The minimum atomic E-state index is -1.61. The molecule has 0 aromatic heterocycles. The summed E-state index contributed by atoms with van der Waals surface area (Å²) in [5.41, 5.74) is 2.11. The van der Waals surface area contributed by atoms with Gasteiger partial charge < -0.3 is 33.9 Å². The lowest BCUT2D eigenvalue weighted by Crippen LogP contribution is -2.59. The van der Waals surface area contributed by atoms with Gasteiger partial charge in [-0.25, -0.2) is 0 Å². The van der Waals surface area contributed by atoms with Crippen molar-refractivity contribution >= 4 is 5.97 Å². The van der Waals surface area contributed by atoms with Gasteiger partial charge in [-0.05, 0) is 63.2 Å². The van der Waals surface area contributed by atoms with Crippen LogP contribution in [0.5, 0.6) is 0 Å². The van der Waals surface area contributed by atoms with E-state index in [0.29, 0.717) is 31.3 Å². The number of carbonyl (C=O) groups is 1. The molecule has 0 saturated carbocycles. The topological polar surface area (TPSA) is 104 Å². The van der Waals surface area contributed by atoms with E-state index in [9.17, 15) is 15.0 Å². The fourth-order valence-corrected chi connectivity index (χ4v) is 7.68. The van der Waals surface area contributed by atoms with Crippen molar-refractivity contribution in [3.05, 3.63) is 58.7 Å². The van der Waals surface area contributed by atoms with E-state index in [-0.39, 0.29) is 30.7 Å². The molecule has 1 spiro atoms. The first-order valence-corrected chi connectivity index (χ1v) is 15.9. The molecule has 5 rings (SSSR count). The van der Waals surface area contributed by atoms with Crippen LogP contribution in [0.25, 0.3) is 0 Å². The predicted octanol–water partition coefficient (Wildman–Crippen LogP) is 5.11. The fourth-order valence-electron chi connectivity index (χ4n) is 7.68. The zero-order chi connectivity index (χ0) is 31.1. The molecule has 0 aromatic carbocycles. The predicted molar refractivity (Wildman–Crippen MR) is 163 cm³/mol. The third kappa shape index (κ3) is 6.24. The fraction of sp³-hybridized carbons (Fsp3) is 0.686. The molecule has 2 N–H and O–H groups in total. The Morgan fingerprint density at radius 1 is 1.16 bits per heavy atom. The number of allylic oxidation sites excluding steroid dienone is 5. The molecule has 0 amide bonds. The van der Waals surface area contributed by atoms with Gasteiger partial charge >= 0.3 is 5.97 Å². The maximum atomic E-state index is 14.1. The second-order valence-electron chi connectivity index (χ2n) is 13.5. The van der Waals surface area contributed by atoms with E-state index in [1.807, 2.05) is 45.9 Å². The molecule has 3 saturated heterocycles. The summed E-state index contributed by atoms with van der Waals surface area (Å²) in [7, 11) is 1.59. The van der Waals surface area contributed by atoms with Gasteiger partial charge in [-0.2, -0.15) is 0 Å². The smallest absolute Gasteiger partial charge is 0.316 e. The highest BCUT2D eigenvalue weighted by Gasteiger charge is 2.60. The molecule has 11 atom stereocenters. The number of aliphatic hydroxyl groups is 2. The number of hydrogen-bond donors (Lipinski definition) is 2. The molecule has 1 aliphatic carbocycles. The van der Waals surface area contributed by atoms with Gasteiger partial charge in [0, 0.05) is 32.3 Å². The number of methoxy groups -OCH3 is 1. The average molecular weight is 599 g/mol. The van der Waals surface area contributed by atoms with Crippen molar-refractivity contribution in [1.82, 2.24) is 0 Å². The summed E-state index contributed by atoms with van der Waals surface area (Å²) in [4.78, 5) is 14.1. The number of ether oxygens (including phenoxy) is 5. The van der Waals surface area contributed by atoms with Gasteiger partial charge in [0.1, 0.15) is 29.8 Å². The molecular formula is C35H50O8. The molecule has 8 nitrogen and oxygen atoms in total. The molecule has 4 heterocycles. The lowest BCUT2D eigenvalue weighted by molar-refractivity contribution is -0.342. The normalized spacial score (nSPS) is 47.5. The second kappa shape index (κ2) is 12.7. The van der Waals surface area contributed by atoms with Crippen LogP contribution in [0.4, 0.5) is 0 Å². The van der Waals surface area contributed by atoms with E-state index < -0.39 is 47.7 Å². The lowest BCUT2D eigenvalue weighted by Gasteiger charge is -2.51. The van der Waals surface area contributed by atoms with Crippen molar-refractivity contribution in [2.45, 2.75) is 122 Å². The van der Waals surface area contributed by atoms with Gasteiger partial charge in [-0.1, -0.05) is 55.9 Å². The van der Waals surface area contributed by atoms with Gasteiger partial charge in [-0.15, -0.1) is 0 Å². The Kier molecular flexibility index (Phi) is 9.58. The van der Waals surface area contributed by atoms with Gasteiger partial charge in [-0.3, -0.25) is 4.79 Å². The van der Waals surface area contributed by atoms with Gasteiger partial charge in [0.25, 0.3) is 0 Å². The van der Waals surface area contributed by atoms with E-state index in [2.05, 4.69) is 26.0 Å². The first kappa shape index (κ1) is 32.3. The standard InChI is InChI=1S/C35H50O8/c1-8-22(4)30-24(6)29(36)18-34(43-30)17-27-16-26(42-34)13-12-21(3)14-20(2)10-9-11-25-19-40-32-31(39-7)23(5)15-28(33(37)41-27)35(25,32)38/h8-12,15,20,24,26-32,36,38H,13-14,16-19H2,1-7H3/b10-9+,21-12-,22-8+,25-11-/t20-,24-,26-,27-,28+,29-,30+,31+,32-,34-,35-/m1/s1. The van der Waals surface area contributed by atoms with Crippen LogP contribution in [-0.4, -0.2) is 77.9 Å². The molecule has 0 radical (unpaired) electrons. The Hall–Kier alpha value is -2.07. The molecule has 238 valence electrons. The third-order valence-electron chi connectivity index (χ3n) is 10.2. The number of aliphatic hydroxyl groups excluding tert-OH is 1. The number of carbonyl (C=O) groups excluding carboxylic acids is 1. The van der Waals surface area contributed by atoms with Crippen LogP contribution in [-0.2, 0) is 28.5 Å². The summed E-state index contributed by atoms with van der Waals surface area (Å²) in [6, 6.07) is 0. The highest BCUT2D eigenvalue weighted by molar-refractivity contribution is 5.78. The molecule has 0 aromatic rings. The largest absolute Gasteiger partial charge is 0.462 e. The summed E-state index contributed by atoms with van der Waals surface area (Å²) in [5.74, 6) is -2.41. The second-order valence-corrected chi connectivity index (χ2v) is 13.5. The molecule has 4 aliphatic heterocycles. The number of esters is 1. The van der Waals surface area contributed by atoms with Crippen molar-refractivity contribution in [1.29, 1.82) is 0 Å². The maximum absolute atomic E-state index is 14.1. The van der Waals surface area contributed by atoms with E-state index in [1.54, 1.807) is 13.2 Å². The highest BCUT2D eigenvalue weighted by Crippen LogP contribution is 2.48. The van der Waals surface area contributed by atoms with Gasteiger partial charge in [0.2, 0.25) is 0 Å². The molecule has 3 fully saturated rings. The Bertz CT molecular complexity index is 1210. The first-order chi connectivity index (χ1) is 20.4. The summed E-state index contributed by atoms with van der Waals surface area (Å²) < 4.78 is 31.5. The number of hydrogen-bond acceptors (Lipinski definition) is 8. The van der Waals surface area contributed by atoms with Crippen molar-refractivity contribution < 1.29 is 38.7 Å². The SMILES string of the molecule is C/C=C(\C)[C@@H]1O[C@]2(C[C@H]3C[C@@H](C/C=C(/C)C[C@H](C)/C=C/C=C4/CO[C@@H]5[C@@H](OC)C(C)=C[C@@H](C(=O)O3)[C@]45O)O2)C[C@@H](O)[C@H]1C. The van der Waals surface area contributed by atoms with E-state index >= 15 is 0 Å². The summed E-state index contributed by atoms with van der Waals surface area (Å²) >= 11 is 0. The van der Waals surface area contributed by atoms with E-state index in [4.69, 9.17) is 23.7 Å². The highest BCUT2D eigenvalue weighted by atomic mass is 16.7. The van der Waals surface area contributed by atoms with Crippen molar-refractivity contribution in [2.24, 2.45) is 17.8 Å². The van der Waals surface area contributed by atoms with E-state index in [0.717, 1.165) is 17.6 Å². The van der Waals surface area contributed by atoms with Gasteiger partial charge in [0.05, 0.1) is 24.9 Å². The Balaban J connectivity index is 1.54. The van der Waals surface area contributed by atoms with Crippen LogP contribution < -0.4 is 0 Å². The molecule has 0 unspecified atom stereocenters. The lowest BCUT2D eigenvalue weighted by atomic mass is 9.70. The number of fused-ring (bicyclic) bond motifs is 2. The summed E-state index contributed by atoms with van der Waals surface area (Å²) in [6.45, 7) is 12.3. The zero-order valence-electron chi connectivity index (χ0n) is 26.7. The first-order valence-electron chi connectivity index (χ1n) is 15.9. The Morgan fingerprint density at radius 2 is 1.93 bits per heavy atom. The number of rotatable bonds is 2. The van der Waals surface area contributed by atoms with Gasteiger partial charge in [0.15, 0.2) is 5.79 Å². The minimum absolute atomic E-state index is 0.100. The molecule has 43 heavy (non-hydrogen) atoms. The van der Waals surface area contributed by atoms with Crippen LogP contribution in [0.3, 0.4) is 0 Å². The maximum Gasteiger partial charge on any atom is 0.316 e. The Morgan fingerprint density at radius 3 is 2.65 bits per heavy atom. The third-order valence-corrected chi connectivity index (χ3v) is 10.2. The van der Waals surface area contributed by atoms with Crippen LogP contribution in [0.1, 0.15) is 73.6 Å². The van der Waals surface area contributed by atoms with Crippen LogP contribution in [0, 0.1) is 17.8 Å². The van der Waals surface area contributed by atoms with Crippen molar-refractivity contribution in [3.8, 4) is 0 Å². The van der Waals surface area contributed by atoms with Crippen LogP contribution in [0.15, 0.2) is 58.7 Å². The quantitative estimate of drug-likeness (QED) is 0.334. The Labute approximate surface area is 256 Å². The van der Waals surface area contributed by atoms with Crippen LogP contribution >= 0.6 is 0 Å². The van der Waals surface area contributed by atoms with Crippen LogP contribution in [0.2, 0.25) is 0 Å². The summed E-state index contributed by atoms with van der Waals surface area (Å²) in [6.07, 6.45) is 11.6. The molecule has 2 bridgehead atoms.